The van der Waals surface area contributed by atoms with Crippen molar-refractivity contribution in [1.29, 1.82) is 0 Å². The molecule has 1 aromatic heterocycles. The number of fused-ring (bicyclic) bond motifs is 1. The highest BCUT2D eigenvalue weighted by atomic mass is 32.2. The Morgan fingerprint density at radius 3 is 2.59 bits per heavy atom. The fraction of sp³-hybridized carbons (Fsp3) is 0.611. The summed E-state index contributed by atoms with van der Waals surface area (Å²) in [4.78, 5) is 14.5. The standard InChI is InChI=1S/C18H24N4O3S2/c23-17(9-8-14-4-1-2-5-14)21-10-12-22(13-11-21)27(24,25)16-7-3-6-15-18(16)20-26-19-15/h3,6-7,14H,1-2,4-5,8-13H2. The molecule has 27 heavy (non-hydrogen) atoms. The van der Waals surface area contributed by atoms with E-state index in [4.69, 9.17) is 0 Å². The van der Waals surface area contributed by atoms with Crippen LogP contribution in [0.25, 0.3) is 11.0 Å². The normalized spacial score (nSPS) is 19.8. The van der Waals surface area contributed by atoms with E-state index >= 15 is 0 Å². The zero-order chi connectivity index (χ0) is 18.9. The largest absolute Gasteiger partial charge is 0.340 e. The van der Waals surface area contributed by atoms with Gasteiger partial charge in [0.25, 0.3) is 0 Å². The van der Waals surface area contributed by atoms with Crippen molar-refractivity contribution in [3.05, 3.63) is 18.2 Å². The van der Waals surface area contributed by atoms with Gasteiger partial charge in [0.2, 0.25) is 15.9 Å². The molecule has 9 heteroatoms. The van der Waals surface area contributed by atoms with Crippen LogP contribution in [0.3, 0.4) is 0 Å². The van der Waals surface area contributed by atoms with Crippen LogP contribution in [0.15, 0.2) is 23.1 Å². The zero-order valence-corrected chi connectivity index (χ0v) is 16.8. The van der Waals surface area contributed by atoms with Crippen molar-refractivity contribution in [2.45, 2.75) is 43.4 Å². The van der Waals surface area contributed by atoms with Gasteiger partial charge in [0, 0.05) is 32.6 Å². The number of hydrogen-bond acceptors (Lipinski definition) is 6. The number of hydrogen-bond donors (Lipinski definition) is 0. The molecular weight excluding hydrogens is 384 g/mol. The lowest BCUT2D eigenvalue weighted by molar-refractivity contribution is -0.132. The third kappa shape index (κ3) is 3.86. The third-order valence-electron chi connectivity index (χ3n) is 5.70. The van der Waals surface area contributed by atoms with E-state index in [1.54, 1.807) is 18.2 Å². The van der Waals surface area contributed by atoms with Gasteiger partial charge in [-0.2, -0.15) is 13.1 Å². The van der Waals surface area contributed by atoms with Gasteiger partial charge in [0.1, 0.15) is 15.9 Å². The Morgan fingerprint density at radius 2 is 1.85 bits per heavy atom. The lowest BCUT2D eigenvalue weighted by Gasteiger charge is -2.34. The Balaban J connectivity index is 1.38. The second kappa shape index (κ2) is 7.81. The molecule has 1 saturated carbocycles. The van der Waals surface area contributed by atoms with Crippen LogP contribution in [0, 0.1) is 5.92 Å². The molecular formula is C18H24N4O3S2. The van der Waals surface area contributed by atoms with E-state index < -0.39 is 10.0 Å². The summed E-state index contributed by atoms with van der Waals surface area (Å²) in [6.07, 6.45) is 6.62. The van der Waals surface area contributed by atoms with E-state index in [1.807, 2.05) is 4.90 Å². The molecule has 0 atom stereocenters. The number of aromatic nitrogens is 2. The molecule has 0 bridgehead atoms. The predicted octanol–water partition coefficient (Wildman–Crippen LogP) is 2.49. The fourth-order valence-corrected chi connectivity index (χ4v) is 6.27. The topological polar surface area (TPSA) is 83.5 Å². The highest BCUT2D eigenvalue weighted by molar-refractivity contribution is 7.89. The van der Waals surface area contributed by atoms with Gasteiger partial charge in [-0.25, -0.2) is 8.42 Å². The molecule has 4 rings (SSSR count). The van der Waals surface area contributed by atoms with Crippen LogP contribution in [0.4, 0.5) is 0 Å². The van der Waals surface area contributed by atoms with E-state index in [-0.39, 0.29) is 10.8 Å². The minimum absolute atomic E-state index is 0.157. The maximum Gasteiger partial charge on any atom is 0.245 e. The lowest BCUT2D eigenvalue weighted by atomic mass is 10.0. The zero-order valence-electron chi connectivity index (χ0n) is 15.2. The molecule has 7 nitrogen and oxygen atoms in total. The first-order chi connectivity index (χ1) is 13.1. The average Bonchev–Trinajstić information content (AvgIpc) is 3.37. The van der Waals surface area contributed by atoms with Crippen molar-refractivity contribution in [2.75, 3.05) is 26.2 Å². The SMILES string of the molecule is O=C(CCC1CCCC1)N1CCN(S(=O)(=O)c2cccc3nsnc23)CC1. The first-order valence-corrected chi connectivity index (χ1v) is 11.7. The molecule has 1 aromatic carbocycles. The molecule has 146 valence electrons. The van der Waals surface area contributed by atoms with Crippen molar-refractivity contribution in [1.82, 2.24) is 18.0 Å². The number of benzene rings is 1. The van der Waals surface area contributed by atoms with E-state index in [0.29, 0.717) is 49.6 Å². The van der Waals surface area contributed by atoms with Gasteiger partial charge in [0.05, 0.1) is 11.7 Å². The maximum atomic E-state index is 13.0. The minimum atomic E-state index is -3.63. The fourth-order valence-electron chi connectivity index (χ4n) is 4.09. The minimum Gasteiger partial charge on any atom is -0.340 e. The van der Waals surface area contributed by atoms with Crippen LogP contribution in [-0.4, -0.2) is 58.5 Å². The van der Waals surface area contributed by atoms with Crippen molar-refractivity contribution in [3.63, 3.8) is 0 Å². The smallest absolute Gasteiger partial charge is 0.245 e. The van der Waals surface area contributed by atoms with E-state index in [9.17, 15) is 13.2 Å². The van der Waals surface area contributed by atoms with Crippen LogP contribution in [0.5, 0.6) is 0 Å². The van der Waals surface area contributed by atoms with Gasteiger partial charge < -0.3 is 4.90 Å². The summed E-state index contributed by atoms with van der Waals surface area (Å²) in [6, 6.07) is 5.04. The Hall–Kier alpha value is -1.58. The van der Waals surface area contributed by atoms with Gasteiger partial charge in [-0.15, -0.1) is 0 Å². The summed E-state index contributed by atoms with van der Waals surface area (Å²) in [7, 11) is -3.63. The third-order valence-corrected chi connectivity index (χ3v) is 8.17. The Bertz CT molecular complexity index is 914. The van der Waals surface area contributed by atoms with Crippen molar-refractivity contribution in [3.8, 4) is 0 Å². The molecule has 1 saturated heterocycles. The molecule has 2 aromatic rings. The summed E-state index contributed by atoms with van der Waals surface area (Å²) in [5.41, 5.74) is 1.03. The number of piperazine rings is 1. The number of nitrogens with zero attached hydrogens (tertiary/aromatic N) is 4. The lowest BCUT2D eigenvalue weighted by Crippen LogP contribution is -2.50. The van der Waals surface area contributed by atoms with Gasteiger partial charge in [-0.1, -0.05) is 31.7 Å². The Labute approximate surface area is 163 Å². The van der Waals surface area contributed by atoms with Gasteiger partial charge in [-0.05, 0) is 24.5 Å². The molecule has 2 aliphatic rings. The van der Waals surface area contributed by atoms with Gasteiger partial charge >= 0.3 is 0 Å². The first-order valence-electron chi connectivity index (χ1n) is 9.55. The summed E-state index contributed by atoms with van der Waals surface area (Å²) >= 11 is 1.01. The molecule has 0 unspecified atom stereocenters. The summed E-state index contributed by atoms with van der Waals surface area (Å²) < 4.78 is 35.8. The van der Waals surface area contributed by atoms with Crippen LogP contribution in [0.1, 0.15) is 38.5 Å². The van der Waals surface area contributed by atoms with E-state index in [2.05, 4.69) is 8.75 Å². The van der Waals surface area contributed by atoms with Gasteiger partial charge in [0.15, 0.2) is 0 Å². The molecule has 0 N–H and O–H groups in total. The van der Waals surface area contributed by atoms with E-state index in [0.717, 1.165) is 18.1 Å². The average molecular weight is 409 g/mol. The van der Waals surface area contributed by atoms with Crippen LogP contribution in [-0.2, 0) is 14.8 Å². The van der Waals surface area contributed by atoms with Crippen molar-refractivity contribution in [2.24, 2.45) is 5.92 Å². The molecule has 0 spiro atoms. The second-order valence-corrected chi connectivity index (χ2v) is 9.80. The monoisotopic (exact) mass is 408 g/mol. The van der Waals surface area contributed by atoms with Crippen molar-refractivity contribution >= 4 is 38.7 Å². The molecule has 1 aliphatic heterocycles. The first kappa shape index (κ1) is 18.8. The number of rotatable bonds is 5. The molecule has 0 radical (unpaired) electrons. The van der Waals surface area contributed by atoms with Crippen LogP contribution in [0.2, 0.25) is 0 Å². The highest BCUT2D eigenvalue weighted by Gasteiger charge is 2.32. The van der Waals surface area contributed by atoms with Gasteiger partial charge in [-0.3, -0.25) is 4.79 Å². The van der Waals surface area contributed by atoms with Crippen LogP contribution >= 0.6 is 11.7 Å². The molecule has 1 amide bonds. The van der Waals surface area contributed by atoms with Crippen molar-refractivity contribution < 1.29 is 13.2 Å². The highest BCUT2D eigenvalue weighted by Crippen LogP contribution is 2.29. The summed E-state index contributed by atoms with van der Waals surface area (Å²) in [5.74, 6) is 0.854. The second-order valence-electron chi connectivity index (χ2n) is 7.36. The Kier molecular flexibility index (Phi) is 5.43. The van der Waals surface area contributed by atoms with Crippen LogP contribution < -0.4 is 0 Å². The summed E-state index contributed by atoms with van der Waals surface area (Å²) in [5, 5.41) is 0. The quantitative estimate of drug-likeness (QED) is 0.759. The number of amides is 1. The molecule has 2 fully saturated rings. The molecule has 1 aliphatic carbocycles. The number of carbonyl (C=O) groups is 1. The summed E-state index contributed by atoms with van der Waals surface area (Å²) in [6.45, 7) is 1.55. The number of carbonyl (C=O) groups excluding carboxylic acids is 1. The number of sulfonamides is 1. The maximum absolute atomic E-state index is 13.0. The Morgan fingerprint density at radius 1 is 1.11 bits per heavy atom. The molecule has 2 heterocycles. The predicted molar refractivity (Wildman–Crippen MR) is 104 cm³/mol. The van der Waals surface area contributed by atoms with E-state index in [1.165, 1.54) is 30.0 Å².